The van der Waals surface area contributed by atoms with Gasteiger partial charge in [0, 0.05) is 12.3 Å². The Morgan fingerprint density at radius 2 is 1.94 bits per heavy atom. The lowest BCUT2D eigenvalue weighted by molar-refractivity contribution is -0.134. The molecule has 1 spiro atoms. The van der Waals surface area contributed by atoms with Gasteiger partial charge in [-0.05, 0) is 37.7 Å². The average Bonchev–Trinajstić information content (AvgIpc) is 2.25. The van der Waals surface area contributed by atoms with E-state index in [9.17, 15) is 9.59 Å². The molecular weight excluding hydrogens is 224 g/mol. The molecule has 3 rings (SSSR count). The Balaban J connectivity index is 2.11. The monoisotopic (exact) mass is 244 g/mol. The SMILES string of the molecule is CC1=CC[C@@]23C[C@H]1C(=O)C=C2CC(C)(C)CC3=O. The largest absolute Gasteiger partial charge is 0.299 e. The van der Waals surface area contributed by atoms with Crippen LogP contribution in [-0.2, 0) is 9.59 Å². The molecule has 0 aromatic heterocycles. The first kappa shape index (κ1) is 11.9. The van der Waals surface area contributed by atoms with Crippen molar-refractivity contribution in [3.63, 3.8) is 0 Å². The molecule has 3 aliphatic carbocycles. The zero-order chi connectivity index (χ0) is 13.1. The van der Waals surface area contributed by atoms with E-state index in [1.54, 1.807) is 6.08 Å². The number of allylic oxidation sites excluding steroid dienone is 4. The van der Waals surface area contributed by atoms with E-state index in [0.717, 1.165) is 30.4 Å². The van der Waals surface area contributed by atoms with Crippen molar-refractivity contribution in [2.75, 3.05) is 0 Å². The van der Waals surface area contributed by atoms with Gasteiger partial charge in [-0.1, -0.05) is 31.1 Å². The van der Waals surface area contributed by atoms with Crippen LogP contribution in [0.3, 0.4) is 0 Å². The summed E-state index contributed by atoms with van der Waals surface area (Å²) >= 11 is 0. The Morgan fingerprint density at radius 3 is 2.67 bits per heavy atom. The highest BCUT2D eigenvalue weighted by Gasteiger charge is 2.53. The third-order valence-corrected chi connectivity index (χ3v) is 4.99. The molecule has 1 saturated carbocycles. The maximum absolute atomic E-state index is 12.6. The molecule has 0 aromatic rings. The Morgan fingerprint density at radius 1 is 1.22 bits per heavy atom. The Hall–Kier alpha value is -1.18. The minimum Gasteiger partial charge on any atom is -0.299 e. The van der Waals surface area contributed by atoms with Crippen LogP contribution in [0.2, 0.25) is 0 Å². The Bertz CT molecular complexity index is 507. The van der Waals surface area contributed by atoms with Crippen molar-refractivity contribution >= 4 is 11.6 Å². The third-order valence-electron chi connectivity index (χ3n) is 4.99. The molecule has 96 valence electrons. The Kier molecular flexibility index (Phi) is 2.27. The van der Waals surface area contributed by atoms with Gasteiger partial charge in [-0.25, -0.2) is 0 Å². The highest BCUT2D eigenvalue weighted by atomic mass is 16.1. The average molecular weight is 244 g/mol. The Labute approximate surface area is 108 Å². The molecular formula is C16H20O2. The van der Waals surface area contributed by atoms with E-state index in [1.807, 2.05) is 6.92 Å². The van der Waals surface area contributed by atoms with Crippen molar-refractivity contribution in [2.24, 2.45) is 16.7 Å². The van der Waals surface area contributed by atoms with Crippen molar-refractivity contribution in [2.45, 2.75) is 46.5 Å². The van der Waals surface area contributed by atoms with Crippen LogP contribution < -0.4 is 0 Å². The van der Waals surface area contributed by atoms with Gasteiger partial charge in [0.2, 0.25) is 0 Å². The van der Waals surface area contributed by atoms with E-state index >= 15 is 0 Å². The van der Waals surface area contributed by atoms with Crippen molar-refractivity contribution in [3.8, 4) is 0 Å². The summed E-state index contributed by atoms with van der Waals surface area (Å²) in [5, 5.41) is 0. The second kappa shape index (κ2) is 3.43. The lowest BCUT2D eigenvalue weighted by Gasteiger charge is -2.49. The summed E-state index contributed by atoms with van der Waals surface area (Å²) in [7, 11) is 0. The maximum atomic E-state index is 12.6. The van der Waals surface area contributed by atoms with E-state index in [-0.39, 0.29) is 22.5 Å². The number of carbonyl (C=O) groups excluding carboxylic acids is 2. The lowest BCUT2D eigenvalue weighted by Crippen LogP contribution is -2.48. The molecule has 0 unspecified atom stereocenters. The second-order valence-corrected chi connectivity index (χ2v) is 7.00. The van der Waals surface area contributed by atoms with Crippen LogP contribution in [-0.4, -0.2) is 11.6 Å². The standard InChI is InChI=1S/C16H20O2/c1-10-4-5-16-8-12(10)13(17)6-11(16)7-15(2,3)9-14(16)18/h4,6,12H,5,7-9H2,1-3H3/t12-,16-/m1/s1. The van der Waals surface area contributed by atoms with Crippen molar-refractivity contribution in [1.29, 1.82) is 0 Å². The molecule has 0 saturated heterocycles. The van der Waals surface area contributed by atoms with Gasteiger partial charge in [-0.3, -0.25) is 9.59 Å². The van der Waals surface area contributed by atoms with Gasteiger partial charge in [0.1, 0.15) is 5.78 Å². The molecule has 2 atom stereocenters. The molecule has 2 bridgehead atoms. The number of hydrogen-bond acceptors (Lipinski definition) is 2. The maximum Gasteiger partial charge on any atom is 0.162 e. The minimum absolute atomic E-state index is 0.0114. The number of fused-ring (bicyclic) bond motifs is 1. The van der Waals surface area contributed by atoms with Crippen LogP contribution in [0.4, 0.5) is 0 Å². The molecule has 2 heteroatoms. The number of carbonyl (C=O) groups is 2. The molecule has 0 heterocycles. The summed E-state index contributed by atoms with van der Waals surface area (Å²) in [6, 6.07) is 0. The van der Waals surface area contributed by atoms with E-state index in [4.69, 9.17) is 0 Å². The summed E-state index contributed by atoms with van der Waals surface area (Å²) in [6.45, 7) is 6.27. The third kappa shape index (κ3) is 1.47. The van der Waals surface area contributed by atoms with Gasteiger partial charge in [0.05, 0.1) is 5.41 Å². The van der Waals surface area contributed by atoms with Crippen LogP contribution in [0.15, 0.2) is 23.3 Å². The molecule has 0 N–H and O–H groups in total. The molecule has 18 heavy (non-hydrogen) atoms. The normalized spacial score (nSPS) is 37.8. The number of rotatable bonds is 0. The summed E-state index contributed by atoms with van der Waals surface area (Å²) in [5.41, 5.74) is 1.94. The highest BCUT2D eigenvalue weighted by Crippen LogP contribution is 2.56. The topological polar surface area (TPSA) is 34.1 Å². The van der Waals surface area contributed by atoms with Crippen molar-refractivity contribution in [3.05, 3.63) is 23.3 Å². The van der Waals surface area contributed by atoms with Gasteiger partial charge < -0.3 is 0 Å². The number of ketones is 2. The first-order valence-corrected chi connectivity index (χ1v) is 6.79. The zero-order valence-electron chi connectivity index (χ0n) is 11.4. The summed E-state index contributed by atoms with van der Waals surface area (Å²) in [6.07, 6.45) is 7.00. The van der Waals surface area contributed by atoms with Gasteiger partial charge in [0.25, 0.3) is 0 Å². The minimum atomic E-state index is -0.326. The lowest BCUT2D eigenvalue weighted by atomic mass is 9.52. The van der Waals surface area contributed by atoms with Gasteiger partial charge in [0.15, 0.2) is 5.78 Å². The molecule has 0 aliphatic heterocycles. The summed E-state index contributed by atoms with van der Waals surface area (Å²) in [5.74, 6) is 0.526. The van der Waals surface area contributed by atoms with E-state index in [2.05, 4.69) is 19.9 Å². The van der Waals surface area contributed by atoms with Crippen LogP contribution >= 0.6 is 0 Å². The van der Waals surface area contributed by atoms with Crippen molar-refractivity contribution < 1.29 is 9.59 Å². The van der Waals surface area contributed by atoms with Gasteiger partial charge in [-0.15, -0.1) is 0 Å². The molecule has 0 radical (unpaired) electrons. The fourth-order valence-electron chi connectivity index (χ4n) is 3.88. The summed E-state index contributed by atoms with van der Waals surface area (Å²) in [4.78, 5) is 24.8. The fourth-order valence-corrected chi connectivity index (χ4v) is 3.88. The second-order valence-electron chi connectivity index (χ2n) is 7.00. The molecule has 1 fully saturated rings. The first-order chi connectivity index (χ1) is 8.34. The predicted molar refractivity (Wildman–Crippen MR) is 70.0 cm³/mol. The zero-order valence-corrected chi connectivity index (χ0v) is 11.4. The van der Waals surface area contributed by atoms with Gasteiger partial charge >= 0.3 is 0 Å². The smallest absolute Gasteiger partial charge is 0.162 e. The molecule has 0 aromatic carbocycles. The van der Waals surface area contributed by atoms with E-state index in [1.165, 1.54) is 0 Å². The fraction of sp³-hybridized carbons (Fsp3) is 0.625. The molecule has 2 nitrogen and oxygen atoms in total. The quantitative estimate of drug-likeness (QED) is 0.613. The van der Waals surface area contributed by atoms with Crippen LogP contribution in [0.1, 0.15) is 46.5 Å². The highest BCUT2D eigenvalue weighted by molar-refractivity contribution is 6.01. The first-order valence-electron chi connectivity index (χ1n) is 6.79. The van der Waals surface area contributed by atoms with Crippen LogP contribution in [0, 0.1) is 16.7 Å². The van der Waals surface area contributed by atoms with Crippen LogP contribution in [0.5, 0.6) is 0 Å². The van der Waals surface area contributed by atoms with E-state index < -0.39 is 0 Å². The summed E-state index contributed by atoms with van der Waals surface area (Å²) < 4.78 is 0. The number of hydrogen-bond donors (Lipinski definition) is 0. The van der Waals surface area contributed by atoms with Gasteiger partial charge in [-0.2, -0.15) is 0 Å². The van der Waals surface area contributed by atoms with E-state index in [0.29, 0.717) is 12.2 Å². The van der Waals surface area contributed by atoms with Crippen LogP contribution in [0.25, 0.3) is 0 Å². The number of Topliss-reactive ketones (excluding diaryl/α,β-unsaturated/α-hetero) is 1. The molecule has 3 aliphatic rings. The predicted octanol–water partition coefficient (Wildman–Crippen LogP) is 3.23. The van der Waals surface area contributed by atoms with Crippen molar-refractivity contribution in [1.82, 2.24) is 0 Å². The molecule has 0 amide bonds.